The third-order valence-electron chi connectivity index (χ3n) is 8.31. The smallest absolute Gasteiger partial charge is 0.308 e. The van der Waals surface area contributed by atoms with Crippen LogP contribution in [0.3, 0.4) is 0 Å². The molecular weight excluding hydrogens is 538 g/mol. The number of hydrogen-bond acceptors (Lipinski definition) is 7. The summed E-state index contributed by atoms with van der Waals surface area (Å²) in [6, 6.07) is 7.76. The van der Waals surface area contributed by atoms with E-state index in [9.17, 15) is 14.4 Å². The number of fused-ring (bicyclic) bond motifs is 1. The van der Waals surface area contributed by atoms with Crippen molar-refractivity contribution in [2.45, 2.75) is 110 Å². The van der Waals surface area contributed by atoms with Crippen LogP contribution < -0.4 is 19.5 Å². The van der Waals surface area contributed by atoms with Crippen LogP contribution in [-0.4, -0.2) is 34.6 Å². The lowest BCUT2D eigenvalue weighted by Gasteiger charge is -2.40. The Bertz CT molecular complexity index is 1270. The molecule has 2 aromatic carbocycles. The van der Waals surface area contributed by atoms with Crippen molar-refractivity contribution in [3.8, 4) is 17.2 Å². The van der Waals surface area contributed by atoms with Gasteiger partial charge < -0.3 is 14.2 Å². The minimum atomic E-state index is -0.456. The molecule has 7 nitrogen and oxygen atoms in total. The fraction of sp³-hybridized carbons (Fsp3) is 0.545. The zero-order chi connectivity index (χ0) is 29.6. The van der Waals surface area contributed by atoms with Gasteiger partial charge in [-0.15, -0.1) is 0 Å². The van der Waals surface area contributed by atoms with Gasteiger partial charge in [0.2, 0.25) is 5.91 Å². The van der Waals surface area contributed by atoms with Gasteiger partial charge in [-0.3, -0.25) is 19.7 Å². The first-order chi connectivity index (χ1) is 19.6. The summed E-state index contributed by atoms with van der Waals surface area (Å²) in [5.74, 6) is 1.75. The van der Waals surface area contributed by atoms with Crippen molar-refractivity contribution in [1.29, 1.82) is 0 Å². The molecule has 2 atom stereocenters. The number of benzene rings is 2. The van der Waals surface area contributed by atoms with E-state index in [-0.39, 0.29) is 22.4 Å². The van der Waals surface area contributed by atoms with Crippen LogP contribution in [0.5, 0.6) is 17.2 Å². The Morgan fingerprint density at radius 2 is 1.73 bits per heavy atom. The minimum Gasteiger partial charge on any atom is -0.489 e. The molecule has 2 aliphatic heterocycles. The molecule has 2 unspecified atom stereocenters. The molecule has 4 rings (SSSR count). The van der Waals surface area contributed by atoms with Crippen LogP contribution in [0.2, 0.25) is 0 Å². The van der Waals surface area contributed by atoms with E-state index in [1.165, 1.54) is 39.0 Å². The van der Waals surface area contributed by atoms with Crippen LogP contribution in [0.15, 0.2) is 24.3 Å². The van der Waals surface area contributed by atoms with Gasteiger partial charge >= 0.3 is 5.97 Å². The number of carbonyl (C=O) groups is 3. The van der Waals surface area contributed by atoms with Crippen LogP contribution >= 0.6 is 11.8 Å². The molecule has 2 aromatic rings. The molecule has 0 spiro atoms. The number of thioether (sulfide) groups is 1. The lowest BCUT2D eigenvalue weighted by Crippen LogP contribution is -2.45. The summed E-state index contributed by atoms with van der Waals surface area (Å²) in [5.41, 5.74) is 4.54. The number of amides is 2. The van der Waals surface area contributed by atoms with Crippen LogP contribution in [0.25, 0.3) is 0 Å². The first kappa shape index (κ1) is 30.9. The monoisotopic (exact) mass is 581 g/mol. The first-order valence-electron chi connectivity index (χ1n) is 14.9. The molecule has 0 bridgehead atoms. The van der Waals surface area contributed by atoms with Crippen LogP contribution in [-0.2, 0) is 22.4 Å². The summed E-state index contributed by atoms with van der Waals surface area (Å²) in [5, 5.41) is 1.67. The van der Waals surface area contributed by atoms with E-state index in [4.69, 9.17) is 14.2 Å². The highest BCUT2D eigenvalue weighted by molar-refractivity contribution is 8.15. The van der Waals surface area contributed by atoms with Gasteiger partial charge in [-0.25, -0.2) is 0 Å². The van der Waals surface area contributed by atoms with E-state index in [0.29, 0.717) is 18.8 Å². The Labute approximate surface area is 248 Å². The molecule has 2 aliphatic rings. The first-order valence-corrected chi connectivity index (χ1v) is 15.7. The van der Waals surface area contributed by atoms with Gasteiger partial charge in [-0.2, -0.15) is 0 Å². The second kappa shape index (κ2) is 13.8. The Morgan fingerprint density at radius 1 is 1.02 bits per heavy atom. The van der Waals surface area contributed by atoms with Gasteiger partial charge in [0, 0.05) is 12.5 Å². The summed E-state index contributed by atoms with van der Waals surface area (Å²) in [6.07, 6.45) is 10.3. The summed E-state index contributed by atoms with van der Waals surface area (Å²) in [4.78, 5) is 35.2. The molecule has 1 saturated heterocycles. The third-order valence-corrected chi connectivity index (χ3v) is 9.29. The van der Waals surface area contributed by atoms with Crippen LogP contribution in [0, 0.1) is 20.8 Å². The van der Waals surface area contributed by atoms with Gasteiger partial charge in [0.1, 0.15) is 29.5 Å². The van der Waals surface area contributed by atoms with E-state index in [1.54, 1.807) is 0 Å². The van der Waals surface area contributed by atoms with Crippen molar-refractivity contribution in [1.82, 2.24) is 5.32 Å². The fourth-order valence-corrected chi connectivity index (χ4v) is 6.63. The molecule has 2 heterocycles. The Kier molecular flexibility index (Phi) is 10.4. The highest BCUT2D eigenvalue weighted by Gasteiger charge is 2.39. The maximum absolute atomic E-state index is 11.9. The average Bonchev–Trinajstić information content (AvgIpc) is 3.27. The topological polar surface area (TPSA) is 90.9 Å². The molecule has 8 heteroatoms. The van der Waals surface area contributed by atoms with Crippen molar-refractivity contribution in [3.63, 3.8) is 0 Å². The second-order valence-electron chi connectivity index (χ2n) is 11.4. The zero-order valence-electron chi connectivity index (χ0n) is 25.0. The van der Waals surface area contributed by atoms with Crippen molar-refractivity contribution >= 4 is 28.9 Å². The summed E-state index contributed by atoms with van der Waals surface area (Å²) in [6.45, 7) is 10.1. The molecule has 41 heavy (non-hydrogen) atoms. The number of imide groups is 1. The standard InChI is InChI=1S/C33H43NO6S/c1-6-7-8-9-10-11-17-33(18-16-27-23(4)29(39-24(5)35)21(2)22(3)30(27)40-33)20-38-26-14-12-25(13-15-26)19-28-31(36)34-32(37)41-28/h12-15,28H,6-11,16-20H2,1-5H3,(H,34,36,37). The highest BCUT2D eigenvalue weighted by atomic mass is 32.2. The van der Waals surface area contributed by atoms with Crippen LogP contribution in [0.4, 0.5) is 4.79 Å². The summed E-state index contributed by atoms with van der Waals surface area (Å²) in [7, 11) is 0. The molecular formula is C33H43NO6S. The van der Waals surface area contributed by atoms with Gasteiger partial charge in [-0.1, -0.05) is 62.9 Å². The zero-order valence-corrected chi connectivity index (χ0v) is 25.8. The Balaban J connectivity index is 1.49. The van der Waals surface area contributed by atoms with E-state index in [1.807, 2.05) is 45.0 Å². The number of nitrogens with one attached hydrogen (secondary N) is 1. The maximum Gasteiger partial charge on any atom is 0.308 e. The van der Waals surface area contributed by atoms with E-state index >= 15 is 0 Å². The van der Waals surface area contributed by atoms with Crippen molar-refractivity contribution in [2.24, 2.45) is 0 Å². The minimum absolute atomic E-state index is 0.229. The van der Waals surface area contributed by atoms with Crippen molar-refractivity contribution in [2.75, 3.05) is 6.61 Å². The predicted octanol–water partition coefficient (Wildman–Crippen LogP) is 7.32. The summed E-state index contributed by atoms with van der Waals surface area (Å²) < 4.78 is 18.9. The second-order valence-corrected chi connectivity index (χ2v) is 12.6. The molecule has 0 radical (unpaired) electrons. The molecule has 2 amide bonds. The number of esters is 1. The van der Waals surface area contributed by atoms with E-state index in [2.05, 4.69) is 12.2 Å². The normalized spacial score (nSPS) is 19.9. The van der Waals surface area contributed by atoms with Crippen molar-refractivity contribution < 1.29 is 28.6 Å². The molecule has 0 aliphatic carbocycles. The van der Waals surface area contributed by atoms with Crippen molar-refractivity contribution in [3.05, 3.63) is 52.1 Å². The largest absolute Gasteiger partial charge is 0.489 e. The SMILES string of the molecule is CCCCCCCCC1(COc2ccc(CC3SC(=O)NC3=O)cc2)CCc2c(C)c(OC(C)=O)c(C)c(C)c2O1. The maximum atomic E-state index is 11.9. The van der Waals surface area contributed by atoms with E-state index < -0.39 is 5.60 Å². The number of hydrogen-bond donors (Lipinski definition) is 1. The average molecular weight is 582 g/mol. The molecule has 1 N–H and O–H groups in total. The summed E-state index contributed by atoms with van der Waals surface area (Å²) >= 11 is 1.04. The number of ether oxygens (including phenoxy) is 3. The quantitative estimate of drug-likeness (QED) is 0.150. The molecule has 222 valence electrons. The van der Waals surface area contributed by atoms with Gasteiger partial charge in [-0.05, 0) is 87.3 Å². The number of unbranched alkanes of at least 4 members (excludes halogenated alkanes) is 5. The highest BCUT2D eigenvalue weighted by Crippen LogP contribution is 2.45. The predicted molar refractivity (Wildman–Crippen MR) is 162 cm³/mol. The molecule has 1 fully saturated rings. The third kappa shape index (κ3) is 7.64. The molecule has 0 saturated carbocycles. The van der Waals surface area contributed by atoms with Gasteiger partial charge in [0.15, 0.2) is 0 Å². The van der Waals surface area contributed by atoms with E-state index in [0.717, 1.165) is 76.8 Å². The Morgan fingerprint density at radius 3 is 2.39 bits per heavy atom. The number of rotatable bonds is 13. The lowest BCUT2D eigenvalue weighted by atomic mass is 9.83. The Hall–Kier alpha value is -3.00. The lowest BCUT2D eigenvalue weighted by molar-refractivity contribution is -0.132. The van der Waals surface area contributed by atoms with Gasteiger partial charge in [0.25, 0.3) is 5.24 Å². The van der Waals surface area contributed by atoms with Gasteiger partial charge in [0.05, 0.1) is 5.25 Å². The van der Waals surface area contributed by atoms with Crippen LogP contribution in [0.1, 0.15) is 93.0 Å². The number of carbonyl (C=O) groups excluding carboxylic acids is 3. The molecule has 0 aromatic heterocycles. The fourth-order valence-electron chi connectivity index (χ4n) is 5.77.